The molecule has 10 aromatic carbocycles. The van der Waals surface area contributed by atoms with Crippen LogP contribution < -0.4 is 0 Å². The van der Waals surface area contributed by atoms with Gasteiger partial charge < -0.3 is 4.57 Å². The molecular formula is C68H44N6. The molecule has 14 rings (SSSR count). The monoisotopic (exact) mass is 944 g/mol. The standard InChI is InChI=1S/C68H44N6/c1-5-20-45(21-6-1)49-28-17-29-50(40-49)52-31-19-33-55(42-52)73-62-36-15-13-34-56(62)58-38-39-59-57-35-14-16-37-63(57)74(65(59)64(58)73)68-71-66(48-26-11-4-12-27-48)70-67(72-68)53-32-18-30-51(41-53)54-43-60(46-22-7-2-8-23-46)69-61(44-54)47-24-9-3-10-25-47/h1-44H. The smallest absolute Gasteiger partial charge is 0.238 e. The van der Waals surface area contributed by atoms with Gasteiger partial charge in [-0.3, -0.25) is 4.57 Å². The van der Waals surface area contributed by atoms with Crippen molar-refractivity contribution in [1.82, 2.24) is 29.1 Å². The SMILES string of the molecule is c1ccc(-c2cccc(-c3cccc(-n4c5ccccc5c5ccc6c7ccccc7n(-c7nc(-c8ccccc8)nc(-c8cccc(-c9cc(-c%10ccccc%10)nc(-c%10ccccc%10)c9)c8)n7)c6c54)c3)c2)cc1. The lowest BCUT2D eigenvalue weighted by atomic mass is 9.98. The zero-order valence-electron chi connectivity index (χ0n) is 40.1. The minimum atomic E-state index is 0.530. The summed E-state index contributed by atoms with van der Waals surface area (Å²) in [6.45, 7) is 0. The van der Waals surface area contributed by atoms with E-state index < -0.39 is 0 Å². The Labute approximate surface area is 427 Å². The van der Waals surface area contributed by atoms with E-state index in [1.807, 2.05) is 30.3 Å². The Morgan fingerprint density at radius 2 is 0.635 bits per heavy atom. The molecule has 0 aliphatic heterocycles. The maximum Gasteiger partial charge on any atom is 0.238 e. The summed E-state index contributed by atoms with van der Waals surface area (Å²) in [6.07, 6.45) is 0. The lowest BCUT2D eigenvalue weighted by Gasteiger charge is -2.14. The fraction of sp³-hybridized carbons (Fsp3) is 0. The number of nitrogens with zero attached hydrogens (tertiary/aromatic N) is 6. The highest BCUT2D eigenvalue weighted by Crippen LogP contribution is 2.42. The average Bonchev–Trinajstić information content (AvgIpc) is 4.08. The lowest BCUT2D eigenvalue weighted by molar-refractivity contribution is 0.953. The average molecular weight is 945 g/mol. The van der Waals surface area contributed by atoms with Crippen molar-refractivity contribution < 1.29 is 0 Å². The van der Waals surface area contributed by atoms with Gasteiger partial charge in [-0.05, 0) is 81.9 Å². The maximum absolute atomic E-state index is 5.51. The Bertz CT molecular complexity index is 4350. The van der Waals surface area contributed by atoms with Crippen LogP contribution in [0.1, 0.15) is 0 Å². The largest absolute Gasteiger partial charge is 0.307 e. The van der Waals surface area contributed by atoms with Gasteiger partial charge in [-0.15, -0.1) is 0 Å². The quantitative estimate of drug-likeness (QED) is 0.145. The Morgan fingerprint density at radius 1 is 0.230 bits per heavy atom. The number of hydrogen-bond donors (Lipinski definition) is 0. The van der Waals surface area contributed by atoms with Crippen LogP contribution in [-0.2, 0) is 0 Å². The molecule has 14 aromatic rings. The van der Waals surface area contributed by atoms with Gasteiger partial charge in [-0.2, -0.15) is 9.97 Å². The summed E-state index contributed by atoms with van der Waals surface area (Å²) < 4.78 is 4.69. The van der Waals surface area contributed by atoms with Crippen LogP contribution in [0.25, 0.3) is 134 Å². The van der Waals surface area contributed by atoms with Crippen LogP contribution in [0, 0.1) is 0 Å². The van der Waals surface area contributed by atoms with Crippen LogP contribution in [0.4, 0.5) is 0 Å². The number of rotatable bonds is 9. The Hall–Kier alpha value is -10.0. The molecule has 0 spiro atoms. The first kappa shape index (κ1) is 42.8. The van der Waals surface area contributed by atoms with Crippen molar-refractivity contribution in [2.24, 2.45) is 0 Å². The summed E-state index contributed by atoms with van der Waals surface area (Å²) in [5.41, 5.74) is 17.7. The highest BCUT2D eigenvalue weighted by molar-refractivity contribution is 6.23. The van der Waals surface area contributed by atoms with Crippen LogP contribution >= 0.6 is 0 Å². The number of benzene rings is 10. The van der Waals surface area contributed by atoms with E-state index in [2.05, 4.69) is 246 Å². The van der Waals surface area contributed by atoms with Crippen LogP contribution in [-0.4, -0.2) is 29.1 Å². The van der Waals surface area contributed by atoms with Gasteiger partial charge in [0, 0.05) is 49.5 Å². The summed E-state index contributed by atoms with van der Waals surface area (Å²) in [4.78, 5) is 21.4. The predicted molar refractivity (Wildman–Crippen MR) is 304 cm³/mol. The molecule has 0 saturated carbocycles. The molecule has 0 bridgehead atoms. The van der Waals surface area contributed by atoms with Crippen molar-refractivity contribution in [3.8, 4) is 90.3 Å². The van der Waals surface area contributed by atoms with E-state index >= 15 is 0 Å². The van der Waals surface area contributed by atoms with Crippen molar-refractivity contribution in [2.75, 3.05) is 0 Å². The summed E-state index contributed by atoms with van der Waals surface area (Å²) in [5, 5.41) is 4.52. The number of hydrogen-bond acceptors (Lipinski definition) is 4. The van der Waals surface area contributed by atoms with Gasteiger partial charge in [0.15, 0.2) is 11.6 Å². The highest BCUT2D eigenvalue weighted by atomic mass is 15.2. The summed E-state index contributed by atoms with van der Waals surface area (Å²) in [5.74, 6) is 1.69. The summed E-state index contributed by atoms with van der Waals surface area (Å²) in [7, 11) is 0. The topological polar surface area (TPSA) is 61.4 Å². The van der Waals surface area contributed by atoms with Gasteiger partial charge in [0.1, 0.15) is 0 Å². The third kappa shape index (κ3) is 7.52. The zero-order chi connectivity index (χ0) is 49.0. The van der Waals surface area contributed by atoms with Crippen molar-refractivity contribution in [2.45, 2.75) is 0 Å². The maximum atomic E-state index is 5.51. The predicted octanol–water partition coefficient (Wildman–Crippen LogP) is 17.1. The van der Waals surface area contributed by atoms with E-state index in [9.17, 15) is 0 Å². The van der Waals surface area contributed by atoms with Crippen LogP contribution in [0.3, 0.4) is 0 Å². The molecule has 346 valence electrons. The van der Waals surface area contributed by atoms with E-state index in [-0.39, 0.29) is 0 Å². The molecule has 0 aliphatic rings. The Morgan fingerprint density at radius 3 is 1.23 bits per heavy atom. The molecule has 6 heteroatoms. The molecule has 0 unspecified atom stereocenters. The third-order valence-corrected chi connectivity index (χ3v) is 14.2. The molecule has 0 amide bonds. The molecule has 4 aromatic heterocycles. The van der Waals surface area contributed by atoms with Crippen LogP contribution in [0.5, 0.6) is 0 Å². The van der Waals surface area contributed by atoms with E-state index in [0.29, 0.717) is 17.6 Å². The molecular weight excluding hydrogens is 901 g/mol. The molecule has 0 fully saturated rings. The van der Waals surface area contributed by atoms with Gasteiger partial charge in [0.05, 0.1) is 33.5 Å². The lowest BCUT2D eigenvalue weighted by Crippen LogP contribution is -2.07. The summed E-state index contributed by atoms with van der Waals surface area (Å²) >= 11 is 0. The van der Waals surface area contributed by atoms with E-state index in [1.165, 1.54) is 11.1 Å². The van der Waals surface area contributed by atoms with E-state index in [1.54, 1.807) is 0 Å². The van der Waals surface area contributed by atoms with Crippen molar-refractivity contribution in [3.05, 3.63) is 267 Å². The van der Waals surface area contributed by atoms with Crippen molar-refractivity contribution in [3.63, 3.8) is 0 Å². The molecule has 0 N–H and O–H groups in total. The van der Waals surface area contributed by atoms with Gasteiger partial charge in [-0.25, -0.2) is 9.97 Å². The first-order valence-corrected chi connectivity index (χ1v) is 25.0. The second kappa shape index (κ2) is 18.0. The minimum absolute atomic E-state index is 0.530. The number of pyridine rings is 1. The third-order valence-electron chi connectivity index (χ3n) is 14.2. The molecule has 0 saturated heterocycles. The Kier molecular flexibility index (Phi) is 10.4. The number of para-hydroxylation sites is 2. The fourth-order valence-electron chi connectivity index (χ4n) is 10.7. The van der Waals surface area contributed by atoms with Crippen LogP contribution in [0.2, 0.25) is 0 Å². The van der Waals surface area contributed by atoms with Gasteiger partial charge in [0.2, 0.25) is 5.95 Å². The first-order valence-electron chi connectivity index (χ1n) is 25.0. The Balaban J connectivity index is 0.991. The molecule has 6 nitrogen and oxygen atoms in total. The van der Waals surface area contributed by atoms with Crippen molar-refractivity contribution >= 4 is 43.6 Å². The second-order valence-corrected chi connectivity index (χ2v) is 18.6. The molecule has 74 heavy (non-hydrogen) atoms. The molecule has 4 heterocycles. The number of fused-ring (bicyclic) bond motifs is 7. The first-order chi connectivity index (χ1) is 36.7. The minimum Gasteiger partial charge on any atom is -0.307 e. The van der Waals surface area contributed by atoms with E-state index in [0.717, 1.165) is 105 Å². The zero-order valence-corrected chi connectivity index (χ0v) is 40.1. The second-order valence-electron chi connectivity index (χ2n) is 18.6. The van der Waals surface area contributed by atoms with Crippen LogP contribution in [0.15, 0.2) is 267 Å². The number of aromatic nitrogens is 6. The molecule has 0 atom stereocenters. The molecule has 0 aliphatic carbocycles. The fourth-order valence-corrected chi connectivity index (χ4v) is 10.7. The highest BCUT2D eigenvalue weighted by Gasteiger charge is 2.24. The van der Waals surface area contributed by atoms with Gasteiger partial charge >= 0.3 is 0 Å². The van der Waals surface area contributed by atoms with E-state index in [4.69, 9.17) is 19.9 Å². The normalized spacial score (nSPS) is 11.5. The van der Waals surface area contributed by atoms with Crippen molar-refractivity contribution in [1.29, 1.82) is 0 Å². The van der Waals surface area contributed by atoms with Gasteiger partial charge in [0.25, 0.3) is 0 Å². The molecule has 0 radical (unpaired) electrons. The van der Waals surface area contributed by atoms with Gasteiger partial charge in [-0.1, -0.05) is 218 Å². The summed E-state index contributed by atoms with van der Waals surface area (Å²) in [6, 6.07) is 94.1.